The number of fused-ring (bicyclic) bond motifs is 1. The molecule has 5 heteroatoms. The van der Waals surface area contributed by atoms with Crippen molar-refractivity contribution in [3.05, 3.63) is 77.3 Å². The summed E-state index contributed by atoms with van der Waals surface area (Å²) in [6, 6.07) is 21.8. The van der Waals surface area contributed by atoms with E-state index in [4.69, 9.17) is 26.1 Å². The van der Waals surface area contributed by atoms with E-state index in [1.165, 1.54) is 0 Å². The lowest BCUT2D eigenvalue weighted by Crippen LogP contribution is -2.09. The molecule has 4 nitrogen and oxygen atoms in total. The summed E-state index contributed by atoms with van der Waals surface area (Å²) in [5.41, 5.74) is 4.06. The molecule has 1 heterocycles. The maximum absolute atomic E-state index is 6.10. The molecule has 0 atom stereocenters. The third-order valence-corrected chi connectivity index (χ3v) is 5.12. The highest BCUT2D eigenvalue weighted by atomic mass is 35.5. The smallest absolute Gasteiger partial charge is 0.141 e. The summed E-state index contributed by atoms with van der Waals surface area (Å²) in [5.74, 6) is 2.52. The highest BCUT2D eigenvalue weighted by Gasteiger charge is 2.13. The molecule has 28 heavy (non-hydrogen) atoms. The Morgan fingerprint density at radius 1 is 0.964 bits per heavy atom. The van der Waals surface area contributed by atoms with E-state index >= 15 is 0 Å². The van der Waals surface area contributed by atoms with Crippen LogP contribution in [0.4, 0.5) is 0 Å². The fourth-order valence-corrected chi connectivity index (χ4v) is 3.36. The molecular weight excluding hydrogens is 372 g/mol. The van der Waals surface area contributed by atoms with E-state index < -0.39 is 0 Å². The number of rotatable bonds is 6. The summed E-state index contributed by atoms with van der Waals surface area (Å²) in [6.45, 7) is 3.17. The van der Waals surface area contributed by atoms with E-state index in [1.807, 2.05) is 67.6 Å². The zero-order valence-electron chi connectivity index (χ0n) is 15.9. The third kappa shape index (κ3) is 3.69. The summed E-state index contributed by atoms with van der Waals surface area (Å²) in [6.07, 6.45) is 0. The van der Waals surface area contributed by atoms with Gasteiger partial charge in [0.25, 0.3) is 0 Å². The summed E-state index contributed by atoms with van der Waals surface area (Å²) in [7, 11) is 1.67. The van der Waals surface area contributed by atoms with Crippen molar-refractivity contribution in [3.8, 4) is 22.9 Å². The van der Waals surface area contributed by atoms with Gasteiger partial charge in [-0.05, 0) is 55.0 Å². The zero-order chi connectivity index (χ0) is 19.5. The van der Waals surface area contributed by atoms with Crippen molar-refractivity contribution in [2.24, 2.45) is 0 Å². The number of aryl methyl sites for hydroxylation is 1. The number of hydrogen-bond donors (Lipinski definition) is 0. The lowest BCUT2D eigenvalue weighted by Gasteiger charge is -2.12. The molecule has 0 aliphatic heterocycles. The fraction of sp³-hybridized carbons (Fsp3) is 0.174. The molecule has 142 valence electrons. The van der Waals surface area contributed by atoms with Gasteiger partial charge in [-0.15, -0.1) is 0 Å². The molecule has 0 N–H and O–H groups in total. The lowest BCUT2D eigenvalue weighted by molar-refractivity contribution is 0.300. The van der Waals surface area contributed by atoms with Gasteiger partial charge in [0.1, 0.15) is 23.9 Å². The molecule has 0 saturated carbocycles. The minimum atomic E-state index is 0.526. The van der Waals surface area contributed by atoms with Crippen LogP contribution in [0, 0.1) is 6.92 Å². The Morgan fingerprint density at radius 3 is 2.64 bits per heavy atom. The van der Waals surface area contributed by atoms with Gasteiger partial charge in [-0.2, -0.15) is 0 Å². The standard InChI is InChI=1S/C23H21ClN2O2/c1-16-14-19(10-11-20(16)24)28-13-12-26-22-9-4-3-8-21(22)25-23(26)17-6-5-7-18(15-17)27-2/h3-11,14-15H,12-13H2,1-2H3. The van der Waals surface area contributed by atoms with E-state index in [1.54, 1.807) is 7.11 Å². The first kappa shape index (κ1) is 18.4. The summed E-state index contributed by atoms with van der Waals surface area (Å²) in [5, 5.41) is 0.744. The Balaban J connectivity index is 1.64. The molecule has 0 aliphatic carbocycles. The average Bonchev–Trinajstić information content (AvgIpc) is 3.09. The first-order chi connectivity index (χ1) is 13.7. The molecule has 1 aromatic heterocycles. The molecule has 0 fully saturated rings. The van der Waals surface area contributed by atoms with Gasteiger partial charge in [0.15, 0.2) is 0 Å². The van der Waals surface area contributed by atoms with Crippen LogP contribution in [0.25, 0.3) is 22.4 Å². The average molecular weight is 393 g/mol. The van der Waals surface area contributed by atoms with Gasteiger partial charge >= 0.3 is 0 Å². The van der Waals surface area contributed by atoms with Crippen LogP contribution in [0.1, 0.15) is 5.56 Å². The summed E-state index contributed by atoms with van der Waals surface area (Å²) < 4.78 is 13.5. The topological polar surface area (TPSA) is 36.3 Å². The number of ether oxygens (including phenoxy) is 2. The van der Waals surface area contributed by atoms with Crippen LogP contribution in [0.15, 0.2) is 66.7 Å². The second-order valence-electron chi connectivity index (χ2n) is 6.57. The SMILES string of the molecule is COc1cccc(-c2nc3ccccc3n2CCOc2ccc(Cl)c(C)c2)c1. The third-order valence-electron chi connectivity index (χ3n) is 4.70. The van der Waals surface area contributed by atoms with E-state index in [2.05, 4.69) is 10.6 Å². The number of benzene rings is 3. The van der Waals surface area contributed by atoms with Crippen LogP contribution in [-0.2, 0) is 6.54 Å². The van der Waals surface area contributed by atoms with E-state index in [9.17, 15) is 0 Å². The van der Waals surface area contributed by atoms with Crippen molar-refractivity contribution >= 4 is 22.6 Å². The maximum atomic E-state index is 6.10. The first-order valence-electron chi connectivity index (χ1n) is 9.14. The Kier molecular flexibility index (Phi) is 5.22. The van der Waals surface area contributed by atoms with Gasteiger partial charge in [-0.25, -0.2) is 4.98 Å². The number of methoxy groups -OCH3 is 1. The van der Waals surface area contributed by atoms with Crippen molar-refractivity contribution in [2.75, 3.05) is 13.7 Å². The molecular formula is C23H21ClN2O2. The number of imidazole rings is 1. The predicted octanol–water partition coefficient (Wildman–Crippen LogP) is 5.75. The van der Waals surface area contributed by atoms with Gasteiger partial charge in [0.2, 0.25) is 0 Å². The van der Waals surface area contributed by atoms with E-state index in [0.29, 0.717) is 13.2 Å². The number of halogens is 1. The fourth-order valence-electron chi connectivity index (χ4n) is 3.25. The number of nitrogens with zero attached hydrogens (tertiary/aromatic N) is 2. The normalized spacial score (nSPS) is 11.0. The van der Waals surface area contributed by atoms with Crippen LogP contribution in [0.2, 0.25) is 5.02 Å². The number of hydrogen-bond acceptors (Lipinski definition) is 3. The highest BCUT2D eigenvalue weighted by molar-refractivity contribution is 6.31. The molecule has 0 amide bonds. The molecule has 0 radical (unpaired) electrons. The van der Waals surface area contributed by atoms with Crippen molar-refractivity contribution in [2.45, 2.75) is 13.5 Å². The Bertz CT molecular complexity index is 1120. The zero-order valence-corrected chi connectivity index (χ0v) is 16.6. The van der Waals surface area contributed by atoms with E-state index in [0.717, 1.165) is 44.5 Å². The van der Waals surface area contributed by atoms with Crippen LogP contribution < -0.4 is 9.47 Å². The van der Waals surface area contributed by atoms with Crippen molar-refractivity contribution in [3.63, 3.8) is 0 Å². The minimum Gasteiger partial charge on any atom is -0.497 e. The Labute approximate surface area is 169 Å². The molecule has 4 aromatic rings. The molecule has 0 spiro atoms. The number of aromatic nitrogens is 2. The second kappa shape index (κ2) is 7.95. The number of para-hydroxylation sites is 2. The molecule has 4 rings (SSSR count). The van der Waals surface area contributed by atoms with Crippen LogP contribution in [0.3, 0.4) is 0 Å². The Morgan fingerprint density at radius 2 is 1.82 bits per heavy atom. The van der Waals surface area contributed by atoms with Crippen LogP contribution >= 0.6 is 11.6 Å². The monoisotopic (exact) mass is 392 g/mol. The Hall–Kier alpha value is -2.98. The van der Waals surface area contributed by atoms with Gasteiger partial charge in [0.05, 0.1) is 24.7 Å². The van der Waals surface area contributed by atoms with Crippen molar-refractivity contribution < 1.29 is 9.47 Å². The minimum absolute atomic E-state index is 0.526. The van der Waals surface area contributed by atoms with Crippen molar-refractivity contribution in [1.29, 1.82) is 0 Å². The maximum Gasteiger partial charge on any atom is 0.141 e. The molecule has 0 aliphatic rings. The van der Waals surface area contributed by atoms with Gasteiger partial charge in [0, 0.05) is 10.6 Å². The predicted molar refractivity (Wildman–Crippen MR) is 113 cm³/mol. The van der Waals surface area contributed by atoms with Gasteiger partial charge in [-0.3, -0.25) is 0 Å². The molecule has 0 unspecified atom stereocenters. The van der Waals surface area contributed by atoms with E-state index in [-0.39, 0.29) is 0 Å². The van der Waals surface area contributed by atoms with Gasteiger partial charge < -0.3 is 14.0 Å². The molecule has 3 aromatic carbocycles. The van der Waals surface area contributed by atoms with Gasteiger partial charge in [-0.1, -0.05) is 35.9 Å². The van der Waals surface area contributed by atoms with Crippen molar-refractivity contribution in [1.82, 2.24) is 9.55 Å². The summed E-state index contributed by atoms with van der Waals surface area (Å²) in [4.78, 5) is 4.84. The molecule has 0 bridgehead atoms. The highest BCUT2D eigenvalue weighted by Crippen LogP contribution is 2.27. The second-order valence-corrected chi connectivity index (χ2v) is 6.97. The quantitative estimate of drug-likeness (QED) is 0.419. The van der Waals surface area contributed by atoms with Crippen LogP contribution in [0.5, 0.6) is 11.5 Å². The van der Waals surface area contributed by atoms with Crippen LogP contribution in [-0.4, -0.2) is 23.3 Å². The largest absolute Gasteiger partial charge is 0.497 e. The first-order valence-corrected chi connectivity index (χ1v) is 9.52. The summed E-state index contributed by atoms with van der Waals surface area (Å²) >= 11 is 6.10. The lowest BCUT2D eigenvalue weighted by atomic mass is 10.2. The molecule has 0 saturated heterocycles.